The Labute approximate surface area is 214 Å². The third-order valence-electron chi connectivity index (χ3n) is 5.25. The van der Waals surface area contributed by atoms with Crippen LogP contribution in [0, 0.1) is 11.8 Å². The predicted molar refractivity (Wildman–Crippen MR) is 136 cm³/mol. The molecule has 1 aliphatic heterocycles. The Morgan fingerprint density at radius 3 is 1.57 bits per heavy atom. The van der Waals surface area contributed by atoms with Gasteiger partial charge < -0.3 is 15.1 Å². The van der Waals surface area contributed by atoms with Gasteiger partial charge in [0.1, 0.15) is 35.0 Å². The number of nitrogens with one attached hydrogen (secondary N) is 4. The minimum Gasteiger partial charge on any atom is -0.454 e. The van der Waals surface area contributed by atoms with E-state index >= 15 is 0 Å². The van der Waals surface area contributed by atoms with E-state index in [-0.39, 0.29) is 23.2 Å². The Bertz CT molecular complexity index is 1120. The number of amides is 4. The van der Waals surface area contributed by atoms with E-state index in [4.69, 9.17) is 4.42 Å². The molecule has 2 atom stereocenters. The van der Waals surface area contributed by atoms with Crippen LogP contribution in [0.2, 0.25) is 0 Å². The molecule has 37 heavy (non-hydrogen) atoms. The largest absolute Gasteiger partial charge is 0.454 e. The van der Waals surface area contributed by atoms with Crippen LogP contribution in [0.1, 0.15) is 73.0 Å². The Hall–Kier alpha value is -4.35. The lowest BCUT2D eigenvalue weighted by Crippen LogP contribution is -2.47. The quantitative estimate of drug-likeness (QED) is 0.488. The molecule has 196 valence electrons. The summed E-state index contributed by atoms with van der Waals surface area (Å²) in [6.07, 6.45) is 3.31. The van der Waals surface area contributed by atoms with Crippen molar-refractivity contribution in [2.24, 2.45) is 22.0 Å². The molecule has 4 bridgehead atoms. The van der Waals surface area contributed by atoms with Gasteiger partial charge in [-0.25, -0.2) is 15.8 Å². The Balaban J connectivity index is 1.94. The highest BCUT2D eigenvalue weighted by Gasteiger charge is 2.25. The number of hydrogen-bond acceptors (Lipinski definition) is 8. The molecule has 12 heteroatoms. The fraction of sp³-hybridized carbons (Fsp3) is 0.400. The highest BCUT2D eigenvalue weighted by Crippen LogP contribution is 2.10. The number of hydrazone groups is 2. The predicted octanol–water partition coefficient (Wildman–Crippen LogP) is 1.58. The summed E-state index contributed by atoms with van der Waals surface area (Å²) in [6.45, 7) is 7.66. The number of fused-ring (bicyclic) bond motifs is 4. The van der Waals surface area contributed by atoms with Crippen LogP contribution in [0.15, 0.2) is 45.0 Å². The van der Waals surface area contributed by atoms with Gasteiger partial charge in [0.25, 0.3) is 23.6 Å². The fourth-order valence-electron chi connectivity index (χ4n) is 3.54. The maximum Gasteiger partial charge on any atom is 0.270 e. The lowest BCUT2D eigenvalue weighted by atomic mass is 10.0. The second-order valence-corrected chi connectivity index (χ2v) is 9.43. The van der Waals surface area contributed by atoms with Crippen LogP contribution in [0.3, 0.4) is 0 Å². The summed E-state index contributed by atoms with van der Waals surface area (Å²) in [5, 5.41) is 13.1. The SMILES string of the molecule is CC(C)CC1NC(=O)c2cccc(n2)C(=O)NC(CC(C)C)C(=O)N/N=C\c2ccc(o2)/C=N\NC1=O. The van der Waals surface area contributed by atoms with Crippen LogP contribution in [0.5, 0.6) is 0 Å². The summed E-state index contributed by atoms with van der Waals surface area (Å²) < 4.78 is 5.53. The summed E-state index contributed by atoms with van der Waals surface area (Å²) in [4.78, 5) is 55.5. The van der Waals surface area contributed by atoms with Crippen LogP contribution in [0.4, 0.5) is 0 Å². The molecular weight excluding hydrogens is 478 g/mol. The molecule has 2 aromatic heterocycles. The zero-order valence-electron chi connectivity index (χ0n) is 21.1. The molecule has 0 aromatic carbocycles. The highest BCUT2D eigenvalue weighted by molar-refractivity contribution is 5.99. The number of furan rings is 1. The molecule has 0 saturated heterocycles. The lowest BCUT2D eigenvalue weighted by molar-refractivity contribution is -0.124. The molecule has 4 amide bonds. The molecule has 0 radical (unpaired) electrons. The molecule has 3 heterocycles. The molecule has 0 fully saturated rings. The minimum absolute atomic E-state index is 0.0512. The molecule has 0 spiro atoms. The van der Waals surface area contributed by atoms with E-state index in [1.807, 2.05) is 27.7 Å². The molecule has 1 aliphatic rings. The number of aromatic nitrogens is 1. The van der Waals surface area contributed by atoms with Crippen LogP contribution < -0.4 is 21.5 Å². The van der Waals surface area contributed by atoms with E-state index < -0.39 is 35.7 Å². The van der Waals surface area contributed by atoms with Crippen molar-refractivity contribution in [1.29, 1.82) is 0 Å². The Morgan fingerprint density at radius 2 is 1.16 bits per heavy atom. The van der Waals surface area contributed by atoms with Gasteiger partial charge in [-0.3, -0.25) is 19.2 Å². The number of hydrogen-bond donors (Lipinski definition) is 4. The van der Waals surface area contributed by atoms with Crippen molar-refractivity contribution in [2.75, 3.05) is 0 Å². The molecule has 4 N–H and O–H groups in total. The van der Waals surface area contributed by atoms with Gasteiger partial charge in [-0.1, -0.05) is 33.8 Å². The normalized spacial score (nSPS) is 21.0. The Kier molecular flexibility index (Phi) is 9.25. The molecular formula is C25H31N7O5. The van der Waals surface area contributed by atoms with Crippen molar-refractivity contribution in [2.45, 2.75) is 52.6 Å². The monoisotopic (exact) mass is 509 g/mol. The van der Waals surface area contributed by atoms with Crippen LogP contribution in [0.25, 0.3) is 0 Å². The summed E-state index contributed by atoms with van der Waals surface area (Å²) in [6, 6.07) is 5.79. The number of nitrogens with zero attached hydrogens (tertiary/aromatic N) is 3. The van der Waals surface area contributed by atoms with Gasteiger partial charge in [-0.05, 0) is 48.9 Å². The van der Waals surface area contributed by atoms with Gasteiger partial charge in [0.15, 0.2) is 0 Å². The summed E-state index contributed by atoms with van der Waals surface area (Å²) >= 11 is 0. The summed E-state index contributed by atoms with van der Waals surface area (Å²) in [5.74, 6) is -1.46. The van der Waals surface area contributed by atoms with Crippen molar-refractivity contribution in [1.82, 2.24) is 26.5 Å². The lowest BCUT2D eigenvalue weighted by Gasteiger charge is -2.19. The van der Waals surface area contributed by atoms with Gasteiger partial charge >= 0.3 is 0 Å². The first-order chi connectivity index (χ1) is 17.6. The molecule has 0 aliphatic carbocycles. The van der Waals surface area contributed by atoms with Crippen molar-refractivity contribution in [3.8, 4) is 0 Å². The third-order valence-corrected chi connectivity index (χ3v) is 5.25. The highest BCUT2D eigenvalue weighted by atomic mass is 16.3. The Morgan fingerprint density at radius 1 is 0.730 bits per heavy atom. The average Bonchev–Trinajstić information content (AvgIpc) is 3.29. The van der Waals surface area contributed by atoms with Gasteiger partial charge in [-0.2, -0.15) is 10.2 Å². The van der Waals surface area contributed by atoms with Crippen molar-refractivity contribution >= 4 is 36.1 Å². The van der Waals surface area contributed by atoms with Gasteiger partial charge in [0.2, 0.25) is 0 Å². The van der Waals surface area contributed by atoms with Crippen molar-refractivity contribution in [3.63, 3.8) is 0 Å². The zero-order chi connectivity index (χ0) is 26.9. The molecule has 12 nitrogen and oxygen atoms in total. The fourth-order valence-corrected chi connectivity index (χ4v) is 3.54. The first-order valence-electron chi connectivity index (χ1n) is 12.0. The van der Waals surface area contributed by atoms with E-state index in [1.165, 1.54) is 30.6 Å². The van der Waals surface area contributed by atoms with Crippen LogP contribution >= 0.6 is 0 Å². The second kappa shape index (κ2) is 12.6. The zero-order valence-corrected chi connectivity index (χ0v) is 21.1. The van der Waals surface area contributed by atoms with E-state index in [2.05, 4.69) is 36.7 Å². The number of carbonyl (C=O) groups excluding carboxylic acids is 4. The molecule has 0 saturated carbocycles. The van der Waals surface area contributed by atoms with Crippen LogP contribution in [-0.2, 0) is 9.59 Å². The van der Waals surface area contributed by atoms with E-state index in [0.29, 0.717) is 24.4 Å². The van der Waals surface area contributed by atoms with E-state index in [9.17, 15) is 19.2 Å². The maximum atomic E-state index is 12.9. The summed E-state index contributed by atoms with van der Waals surface area (Å²) in [5.41, 5.74) is 4.70. The van der Waals surface area contributed by atoms with Gasteiger partial charge in [-0.15, -0.1) is 0 Å². The van der Waals surface area contributed by atoms with E-state index in [1.54, 1.807) is 12.1 Å². The maximum absolute atomic E-state index is 12.9. The first kappa shape index (κ1) is 27.2. The van der Waals surface area contributed by atoms with Crippen LogP contribution in [-0.4, -0.2) is 53.1 Å². The van der Waals surface area contributed by atoms with Gasteiger partial charge in [0.05, 0.1) is 12.4 Å². The van der Waals surface area contributed by atoms with Crippen molar-refractivity contribution < 1.29 is 23.6 Å². The standard InChI is InChI=1S/C25H31N7O5/c1-14(2)10-20-24(35)31-26-12-16-8-9-17(37-16)13-27-32-25(36)21(11-15(3)4)30-23(34)19-7-5-6-18(28-19)22(33)29-20/h5-9,12-15,20-21H,10-11H2,1-4H3,(H,29,33)(H,30,34)(H,31,35)(H,32,36)/b26-12-,27-13-. The second-order valence-electron chi connectivity index (χ2n) is 9.43. The van der Waals surface area contributed by atoms with Crippen molar-refractivity contribution in [3.05, 3.63) is 53.2 Å². The molecule has 2 aromatic rings. The van der Waals surface area contributed by atoms with Gasteiger partial charge in [0, 0.05) is 0 Å². The number of carbonyl (C=O) groups is 4. The molecule has 2 unspecified atom stereocenters. The molecule has 3 rings (SSSR count). The summed E-state index contributed by atoms with van der Waals surface area (Å²) in [7, 11) is 0. The average molecular weight is 510 g/mol. The number of pyridine rings is 1. The van der Waals surface area contributed by atoms with E-state index in [0.717, 1.165) is 0 Å². The third kappa shape index (κ3) is 8.09. The first-order valence-corrected chi connectivity index (χ1v) is 12.0. The topological polar surface area (TPSA) is 167 Å². The minimum atomic E-state index is -0.895. The number of rotatable bonds is 4. The smallest absolute Gasteiger partial charge is 0.270 e.